The molecule has 1 aromatic heterocycles. The summed E-state index contributed by atoms with van der Waals surface area (Å²) in [5, 5.41) is 0. The summed E-state index contributed by atoms with van der Waals surface area (Å²) in [4.78, 5) is 19.1. The van der Waals surface area contributed by atoms with Crippen molar-refractivity contribution < 1.29 is 0 Å². The van der Waals surface area contributed by atoms with E-state index in [0.717, 1.165) is 40.2 Å². The number of H-pyrrole nitrogens is 1. The number of imidazole rings is 1. The SMILES string of the molecule is c1ccc(Cc2c[nH]c(C3(c4ccccc4)N=C(c4ccccc4)C(c4ccccc4)=N3)n2)cc1. The summed E-state index contributed by atoms with van der Waals surface area (Å²) in [5.74, 6) is 0.717. The van der Waals surface area contributed by atoms with Gasteiger partial charge in [-0.3, -0.25) is 0 Å². The number of aromatic nitrogens is 2. The van der Waals surface area contributed by atoms with Crippen LogP contribution < -0.4 is 0 Å². The Morgan fingerprint density at radius 3 is 1.60 bits per heavy atom. The van der Waals surface area contributed by atoms with E-state index in [-0.39, 0.29) is 0 Å². The fraction of sp³-hybridized carbons (Fsp3) is 0.0645. The Kier molecular flexibility index (Phi) is 5.39. The van der Waals surface area contributed by atoms with Crippen molar-refractivity contribution in [2.45, 2.75) is 12.1 Å². The first-order valence-electron chi connectivity index (χ1n) is 11.8. The molecule has 0 aliphatic carbocycles. The standard InChI is InChI=1S/C31H24N4/c1-5-13-23(14-6-1)21-27-22-32-30(33-27)31(26-19-11-4-12-20-26)34-28(24-15-7-2-8-16-24)29(35-31)25-17-9-3-10-18-25/h1-20,22H,21H2,(H,32,33). The van der Waals surface area contributed by atoms with Gasteiger partial charge in [-0.15, -0.1) is 0 Å². The molecule has 168 valence electrons. The van der Waals surface area contributed by atoms with E-state index in [9.17, 15) is 0 Å². The number of hydrogen-bond acceptors (Lipinski definition) is 3. The Balaban J connectivity index is 1.54. The molecule has 0 radical (unpaired) electrons. The maximum atomic E-state index is 5.33. The Morgan fingerprint density at radius 2 is 1.06 bits per heavy atom. The van der Waals surface area contributed by atoms with Crippen molar-refractivity contribution in [1.29, 1.82) is 0 Å². The van der Waals surface area contributed by atoms with Crippen LogP contribution in [0.4, 0.5) is 0 Å². The van der Waals surface area contributed by atoms with Gasteiger partial charge in [0.1, 0.15) is 0 Å². The number of aliphatic imine (C=N–C) groups is 2. The van der Waals surface area contributed by atoms with Crippen molar-refractivity contribution in [1.82, 2.24) is 9.97 Å². The minimum absolute atomic E-state index is 0.717. The van der Waals surface area contributed by atoms with E-state index in [4.69, 9.17) is 15.0 Å². The molecule has 1 N–H and O–H groups in total. The molecule has 4 aromatic carbocycles. The summed E-state index contributed by atoms with van der Waals surface area (Å²) in [5.41, 5.74) is 5.94. The molecule has 0 bridgehead atoms. The van der Waals surface area contributed by atoms with Gasteiger partial charge in [-0.05, 0) is 5.56 Å². The van der Waals surface area contributed by atoms with Gasteiger partial charge in [0.25, 0.3) is 0 Å². The van der Waals surface area contributed by atoms with Gasteiger partial charge in [0.05, 0.1) is 17.1 Å². The monoisotopic (exact) mass is 452 g/mol. The second-order valence-corrected chi connectivity index (χ2v) is 8.59. The highest BCUT2D eigenvalue weighted by Gasteiger charge is 2.43. The van der Waals surface area contributed by atoms with Crippen LogP contribution in [0.3, 0.4) is 0 Å². The van der Waals surface area contributed by atoms with Crippen molar-refractivity contribution in [2.75, 3.05) is 0 Å². The number of benzene rings is 4. The third kappa shape index (κ3) is 4.00. The minimum atomic E-state index is -0.994. The number of nitrogens with zero attached hydrogens (tertiary/aromatic N) is 3. The lowest BCUT2D eigenvalue weighted by atomic mass is 10.00. The predicted molar refractivity (Wildman–Crippen MR) is 141 cm³/mol. The highest BCUT2D eigenvalue weighted by Crippen LogP contribution is 2.39. The van der Waals surface area contributed by atoms with E-state index >= 15 is 0 Å². The number of rotatable bonds is 6. The second kappa shape index (κ2) is 8.99. The van der Waals surface area contributed by atoms with Gasteiger partial charge >= 0.3 is 0 Å². The average Bonchev–Trinajstić information content (AvgIpc) is 3.57. The zero-order valence-corrected chi connectivity index (χ0v) is 19.2. The maximum absolute atomic E-state index is 5.33. The molecule has 35 heavy (non-hydrogen) atoms. The quantitative estimate of drug-likeness (QED) is 0.328. The van der Waals surface area contributed by atoms with Crippen LogP contribution in [0.25, 0.3) is 0 Å². The maximum Gasteiger partial charge on any atom is 0.234 e. The highest BCUT2D eigenvalue weighted by atomic mass is 15.2. The Morgan fingerprint density at radius 1 is 0.571 bits per heavy atom. The summed E-state index contributed by atoms with van der Waals surface area (Å²) in [6.45, 7) is 0. The van der Waals surface area contributed by atoms with Crippen LogP contribution in [0.15, 0.2) is 138 Å². The second-order valence-electron chi connectivity index (χ2n) is 8.59. The molecule has 0 fully saturated rings. The third-order valence-electron chi connectivity index (χ3n) is 6.23. The minimum Gasteiger partial charge on any atom is -0.344 e. The highest BCUT2D eigenvalue weighted by molar-refractivity contribution is 6.54. The lowest BCUT2D eigenvalue weighted by molar-refractivity contribution is 0.551. The summed E-state index contributed by atoms with van der Waals surface area (Å²) >= 11 is 0. The number of hydrogen-bond donors (Lipinski definition) is 1. The molecule has 6 rings (SSSR count). The lowest BCUT2D eigenvalue weighted by Gasteiger charge is -2.21. The molecule has 1 aliphatic heterocycles. The molecule has 0 spiro atoms. The van der Waals surface area contributed by atoms with Crippen molar-refractivity contribution in [3.05, 3.63) is 161 Å². The summed E-state index contributed by atoms with van der Waals surface area (Å²) < 4.78 is 0. The van der Waals surface area contributed by atoms with Crippen LogP contribution >= 0.6 is 0 Å². The number of nitrogens with one attached hydrogen (secondary N) is 1. The van der Waals surface area contributed by atoms with Gasteiger partial charge in [-0.25, -0.2) is 15.0 Å². The van der Waals surface area contributed by atoms with Gasteiger partial charge in [0, 0.05) is 29.3 Å². The van der Waals surface area contributed by atoms with E-state index < -0.39 is 5.66 Å². The Labute approximate surface area is 204 Å². The summed E-state index contributed by atoms with van der Waals surface area (Å²) in [6.07, 6.45) is 2.72. The molecule has 1 aliphatic rings. The largest absolute Gasteiger partial charge is 0.344 e. The third-order valence-corrected chi connectivity index (χ3v) is 6.23. The summed E-state index contributed by atoms with van der Waals surface area (Å²) in [6, 6.07) is 41.1. The van der Waals surface area contributed by atoms with E-state index in [1.807, 2.05) is 66.9 Å². The molecular weight excluding hydrogens is 428 g/mol. The molecule has 4 heteroatoms. The Bertz CT molecular complexity index is 1430. The van der Waals surface area contributed by atoms with Crippen molar-refractivity contribution in [3.8, 4) is 0 Å². The fourth-order valence-corrected chi connectivity index (χ4v) is 4.53. The van der Waals surface area contributed by atoms with Gasteiger partial charge in [0.15, 0.2) is 5.82 Å². The molecule has 2 heterocycles. The Hall–Kier alpha value is -4.57. The lowest BCUT2D eigenvalue weighted by Crippen LogP contribution is -2.23. The van der Waals surface area contributed by atoms with Gasteiger partial charge in [0.2, 0.25) is 5.66 Å². The van der Waals surface area contributed by atoms with Crippen LogP contribution in [0, 0.1) is 0 Å². The van der Waals surface area contributed by atoms with Crippen LogP contribution in [-0.4, -0.2) is 21.4 Å². The molecule has 0 amide bonds. The molecule has 5 aromatic rings. The average molecular weight is 453 g/mol. The molecule has 0 unspecified atom stereocenters. The van der Waals surface area contributed by atoms with E-state index in [1.165, 1.54) is 5.56 Å². The predicted octanol–water partition coefficient (Wildman–Crippen LogP) is 6.19. The molecule has 0 saturated carbocycles. The zero-order chi connectivity index (χ0) is 23.5. The first-order chi connectivity index (χ1) is 17.3. The first kappa shape index (κ1) is 21.0. The van der Waals surface area contributed by atoms with Crippen LogP contribution in [0.5, 0.6) is 0 Å². The van der Waals surface area contributed by atoms with Crippen LogP contribution in [0.1, 0.15) is 33.8 Å². The first-order valence-corrected chi connectivity index (χ1v) is 11.8. The van der Waals surface area contributed by atoms with Gasteiger partial charge in [-0.1, -0.05) is 121 Å². The van der Waals surface area contributed by atoms with Crippen molar-refractivity contribution >= 4 is 11.4 Å². The van der Waals surface area contributed by atoms with Crippen molar-refractivity contribution in [3.63, 3.8) is 0 Å². The molecule has 0 atom stereocenters. The molecular formula is C31H24N4. The molecule has 4 nitrogen and oxygen atoms in total. The van der Waals surface area contributed by atoms with Crippen LogP contribution in [0.2, 0.25) is 0 Å². The van der Waals surface area contributed by atoms with E-state index in [0.29, 0.717) is 5.82 Å². The summed E-state index contributed by atoms with van der Waals surface area (Å²) in [7, 11) is 0. The van der Waals surface area contributed by atoms with E-state index in [1.54, 1.807) is 0 Å². The normalized spacial score (nSPS) is 14.4. The van der Waals surface area contributed by atoms with Gasteiger partial charge < -0.3 is 4.98 Å². The topological polar surface area (TPSA) is 53.4 Å². The fourth-order valence-electron chi connectivity index (χ4n) is 4.53. The zero-order valence-electron chi connectivity index (χ0n) is 19.2. The van der Waals surface area contributed by atoms with Crippen molar-refractivity contribution in [2.24, 2.45) is 9.98 Å². The van der Waals surface area contributed by atoms with E-state index in [2.05, 4.69) is 65.6 Å². The van der Waals surface area contributed by atoms with Gasteiger partial charge in [-0.2, -0.15) is 0 Å². The smallest absolute Gasteiger partial charge is 0.234 e. The molecule has 0 saturated heterocycles. The number of aromatic amines is 1. The van der Waals surface area contributed by atoms with Crippen LogP contribution in [-0.2, 0) is 12.1 Å².